The van der Waals surface area contributed by atoms with Crippen molar-refractivity contribution in [2.24, 2.45) is 0 Å². The molecule has 2 fully saturated rings. The van der Waals surface area contributed by atoms with Crippen LogP contribution in [-0.4, -0.2) is 67.1 Å². The lowest BCUT2D eigenvalue weighted by Crippen LogP contribution is -2.55. The molecule has 6 aromatic rings. The molecule has 10 nitrogen and oxygen atoms in total. The normalized spacial score (nSPS) is 26.0. The number of benzene rings is 6. The van der Waals surface area contributed by atoms with Gasteiger partial charge in [0, 0.05) is 5.30 Å². The third kappa shape index (κ3) is 11.4. The Balaban J connectivity index is 1.09. The average molecular weight is 857 g/mol. The van der Waals surface area contributed by atoms with Crippen LogP contribution in [0.25, 0.3) is 0 Å². The molecule has 1 N–H and O–H groups in total. The molecule has 0 radical (unpaired) electrons. The third-order valence-corrected chi connectivity index (χ3v) is 13.6. The van der Waals surface area contributed by atoms with Crippen LogP contribution in [0.15, 0.2) is 182 Å². The van der Waals surface area contributed by atoms with Crippen molar-refractivity contribution in [3.05, 3.63) is 210 Å². The Labute approximate surface area is 363 Å². The summed E-state index contributed by atoms with van der Waals surface area (Å²) in [5.74, 6) is -1.54. The predicted molar refractivity (Wildman–Crippen MR) is 235 cm³/mol. The van der Waals surface area contributed by atoms with E-state index in [1.165, 1.54) is 0 Å². The molecule has 0 aromatic heterocycles. The summed E-state index contributed by atoms with van der Waals surface area (Å²) in [4.78, 5) is 0. The van der Waals surface area contributed by atoms with E-state index in [-0.39, 0.29) is 33.0 Å². The van der Waals surface area contributed by atoms with Crippen LogP contribution in [0, 0.1) is 0 Å². The number of aliphatic hydroxyl groups is 1. The predicted octanol–water partition coefficient (Wildman–Crippen LogP) is 8.61. The molecule has 6 aromatic carbocycles. The molecule has 322 valence electrons. The number of ether oxygens (including phenoxy) is 7. The van der Waals surface area contributed by atoms with Gasteiger partial charge in [-0.2, -0.15) is 0 Å². The monoisotopic (exact) mass is 856 g/mol. The fraction of sp³-hybridized carbons (Fsp3) is 0.294. The van der Waals surface area contributed by atoms with Crippen molar-refractivity contribution in [1.82, 2.24) is 0 Å². The van der Waals surface area contributed by atoms with Gasteiger partial charge in [0.05, 0.1) is 46.2 Å². The third-order valence-electron chi connectivity index (χ3n) is 11.0. The fourth-order valence-corrected chi connectivity index (χ4v) is 10.1. The van der Waals surface area contributed by atoms with Gasteiger partial charge in [-0.15, -0.1) is 0 Å². The Bertz CT molecular complexity index is 2240. The fourth-order valence-electron chi connectivity index (χ4n) is 7.72. The first-order valence-electron chi connectivity index (χ1n) is 21.1. The molecular weight excluding hydrogens is 804 g/mol. The molecule has 2 aliphatic heterocycles. The minimum absolute atomic E-state index is 0.141. The number of hydrogen-bond donors (Lipinski definition) is 1. The highest BCUT2D eigenvalue weighted by atomic mass is 31.2. The summed E-state index contributed by atoms with van der Waals surface area (Å²) in [5.41, 5.74) is 4.79. The molecule has 0 saturated carbocycles. The standard InChI is InChI=1S/C51H53O10P/c52-50-48(57-34-41-25-13-4-14-26-41)47(56-33-40-23-11-3-12-24-40)45(61-62(50,53)43-29-17-6-18-30-43)37-59-51-49(58-35-42-27-15-5-16-28-42)46(55-32-39-21-9-2-10-22-39)44(60-51)36-54-31-38-19-7-1-8-20-38/h1-30,44-52H,31-37H2/t44-,45-,46-,47-,48+,49-,50+,51?,62+/m1/s1. The lowest BCUT2D eigenvalue weighted by Gasteiger charge is -2.44. The Hall–Kier alpha value is -4.81. The van der Waals surface area contributed by atoms with Gasteiger partial charge >= 0.3 is 0 Å². The molecule has 0 aliphatic carbocycles. The zero-order chi connectivity index (χ0) is 42.4. The summed E-state index contributed by atoms with van der Waals surface area (Å²) in [5, 5.41) is 12.4. The highest BCUT2D eigenvalue weighted by Gasteiger charge is 2.55. The first kappa shape index (κ1) is 43.8. The van der Waals surface area contributed by atoms with E-state index in [1.54, 1.807) is 24.3 Å². The van der Waals surface area contributed by atoms with E-state index in [9.17, 15) is 5.11 Å². The molecular formula is C51H53O10P. The number of hydrogen-bond acceptors (Lipinski definition) is 10. The number of aliphatic hydroxyl groups excluding tert-OH is 1. The van der Waals surface area contributed by atoms with E-state index in [1.807, 2.05) is 158 Å². The summed E-state index contributed by atoms with van der Waals surface area (Å²) in [6, 6.07) is 57.9. The zero-order valence-corrected chi connectivity index (χ0v) is 35.4. The maximum absolute atomic E-state index is 15.1. The van der Waals surface area contributed by atoms with Gasteiger partial charge in [0.25, 0.3) is 7.37 Å². The summed E-state index contributed by atoms with van der Waals surface area (Å²) in [6.45, 7) is 1.33. The van der Waals surface area contributed by atoms with Crippen molar-refractivity contribution in [2.45, 2.75) is 81.8 Å². The van der Waals surface area contributed by atoms with Gasteiger partial charge in [0.2, 0.25) is 0 Å². The van der Waals surface area contributed by atoms with Gasteiger partial charge < -0.3 is 42.8 Å². The van der Waals surface area contributed by atoms with Crippen LogP contribution in [0.4, 0.5) is 0 Å². The molecule has 2 saturated heterocycles. The topological polar surface area (TPSA) is 111 Å². The average Bonchev–Trinajstić information content (AvgIpc) is 3.66. The van der Waals surface area contributed by atoms with Crippen molar-refractivity contribution < 1.29 is 47.4 Å². The van der Waals surface area contributed by atoms with E-state index in [0.29, 0.717) is 18.5 Å². The molecule has 8 rings (SSSR count). The van der Waals surface area contributed by atoms with Crippen LogP contribution in [0.3, 0.4) is 0 Å². The Morgan fingerprint density at radius 2 is 0.790 bits per heavy atom. The Kier molecular flexibility index (Phi) is 15.6. The van der Waals surface area contributed by atoms with E-state index in [0.717, 1.165) is 27.8 Å². The largest absolute Gasteiger partial charge is 0.380 e. The van der Waals surface area contributed by atoms with Crippen molar-refractivity contribution in [3.63, 3.8) is 0 Å². The first-order chi connectivity index (χ1) is 30.5. The van der Waals surface area contributed by atoms with E-state index < -0.39 is 56.1 Å². The summed E-state index contributed by atoms with van der Waals surface area (Å²) >= 11 is 0. The molecule has 9 atom stereocenters. The molecule has 62 heavy (non-hydrogen) atoms. The lowest BCUT2D eigenvalue weighted by molar-refractivity contribution is -0.217. The van der Waals surface area contributed by atoms with E-state index >= 15 is 4.57 Å². The SMILES string of the molecule is O=[P@@]1(c2ccccc2)O[C@H](COC2O[C@H](COCc3ccccc3)[C@@H](OCc3ccccc3)[C@H]2OCc2ccccc2)[C@@H](OCc2ccccc2)[C@H](OCc2ccccc2)[C@H]1O. The number of rotatable bonds is 20. The van der Waals surface area contributed by atoms with Crippen molar-refractivity contribution in [2.75, 3.05) is 13.2 Å². The van der Waals surface area contributed by atoms with Crippen LogP contribution >= 0.6 is 7.37 Å². The smallest absolute Gasteiger partial charge is 0.262 e. The Morgan fingerprint density at radius 1 is 0.419 bits per heavy atom. The quantitative estimate of drug-likeness (QED) is 0.0750. The van der Waals surface area contributed by atoms with Crippen LogP contribution in [0.1, 0.15) is 27.8 Å². The maximum atomic E-state index is 15.1. The van der Waals surface area contributed by atoms with Gasteiger partial charge in [-0.25, -0.2) is 0 Å². The van der Waals surface area contributed by atoms with Gasteiger partial charge in [0.15, 0.2) is 12.1 Å². The van der Waals surface area contributed by atoms with Gasteiger partial charge in [-0.1, -0.05) is 170 Å². The maximum Gasteiger partial charge on any atom is 0.262 e. The minimum Gasteiger partial charge on any atom is -0.380 e. The highest BCUT2D eigenvalue weighted by Crippen LogP contribution is 2.57. The second-order valence-corrected chi connectivity index (χ2v) is 17.9. The van der Waals surface area contributed by atoms with Crippen molar-refractivity contribution in [1.29, 1.82) is 0 Å². The first-order valence-corrected chi connectivity index (χ1v) is 22.8. The summed E-state index contributed by atoms with van der Waals surface area (Å²) in [6.07, 6.45) is -5.82. The van der Waals surface area contributed by atoms with Crippen LogP contribution < -0.4 is 5.30 Å². The van der Waals surface area contributed by atoms with Gasteiger partial charge in [-0.05, 0) is 39.9 Å². The van der Waals surface area contributed by atoms with E-state index in [4.69, 9.17) is 37.7 Å². The van der Waals surface area contributed by atoms with Crippen LogP contribution in [0.2, 0.25) is 0 Å². The lowest BCUT2D eigenvalue weighted by atomic mass is 10.1. The molecule has 2 aliphatic rings. The molecule has 2 heterocycles. The van der Waals surface area contributed by atoms with Crippen molar-refractivity contribution >= 4 is 12.7 Å². The second kappa shape index (κ2) is 22.0. The van der Waals surface area contributed by atoms with Crippen LogP contribution in [-0.2, 0) is 75.3 Å². The molecule has 0 bridgehead atoms. The zero-order valence-electron chi connectivity index (χ0n) is 34.5. The second-order valence-electron chi connectivity index (χ2n) is 15.4. The summed E-state index contributed by atoms with van der Waals surface area (Å²) in [7, 11) is -4.01. The van der Waals surface area contributed by atoms with E-state index in [2.05, 4.69) is 0 Å². The van der Waals surface area contributed by atoms with Crippen molar-refractivity contribution in [3.8, 4) is 0 Å². The minimum atomic E-state index is -4.01. The molecule has 1 unspecified atom stereocenters. The van der Waals surface area contributed by atoms with Gasteiger partial charge in [0.1, 0.15) is 36.6 Å². The summed E-state index contributed by atoms with van der Waals surface area (Å²) < 4.78 is 67.9. The van der Waals surface area contributed by atoms with Crippen LogP contribution in [0.5, 0.6) is 0 Å². The Morgan fingerprint density at radius 3 is 1.24 bits per heavy atom. The molecule has 0 amide bonds. The molecule has 0 spiro atoms. The highest BCUT2D eigenvalue weighted by molar-refractivity contribution is 7.67. The molecule has 11 heteroatoms. The van der Waals surface area contributed by atoms with Gasteiger partial charge in [-0.3, -0.25) is 4.57 Å².